The molecule has 1 aliphatic heterocycles. The number of carbonyl (C=O) groups excluding carboxylic acids is 2. The first-order valence-electron chi connectivity index (χ1n) is 9.09. The Morgan fingerprint density at radius 1 is 1.19 bits per heavy atom. The number of ether oxygens (including phenoxy) is 1. The third kappa shape index (κ3) is 5.03. The Morgan fingerprint density at radius 3 is 2.63 bits per heavy atom. The highest BCUT2D eigenvalue weighted by Crippen LogP contribution is 2.22. The predicted octanol–water partition coefficient (Wildman–Crippen LogP) is 1.89. The van der Waals surface area contributed by atoms with Crippen molar-refractivity contribution in [3.63, 3.8) is 0 Å². The second kappa shape index (κ2) is 9.12. The van der Waals surface area contributed by atoms with Crippen LogP contribution in [0.2, 0.25) is 0 Å². The zero-order valence-electron chi connectivity index (χ0n) is 15.5. The van der Waals surface area contributed by atoms with E-state index >= 15 is 0 Å². The molecule has 27 heavy (non-hydrogen) atoms. The lowest BCUT2D eigenvalue weighted by molar-refractivity contribution is -0.149. The van der Waals surface area contributed by atoms with Gasteiger partial charge in [-0.1, -0.05) is 30.3 Å². The summed E-state index contributed by atoms with van der Waals surface area (Å²) in [6.07, 6.45) is 5.07. The van der Waals surface area contributed by atoms with E-state index in [-0.39, 0.29) is 18.4 Å². The standard InChI is InChI=1S/C20H24N4O3/c1-27-18(25)15-24(13-16-7-3-2-4-8-16)19(26)17-9-5-12-23(14-17)20-21-10-6-11-22-20/h2-4,6-8,10-11,17H,5,9,12-15H2,1H3. The first-order valence-corrected chi connectivity index (χ1v) is 9.09. The van der Waals surface area contributed by atoms with Crippen LogP contribution in [-0.2, 0) is 20.9 Å². The summed E-state index contributed by atoms with van der Waals surface area (Å²) < 4.78 is 4.78. The molecule has 0 radical (unpaired) electrons. The Bertz CT molecular complexity index is 754. The van der Waals surface area contributed by atoms with Gasteiger partial charge >= 0.3 is 5.97 Å². The zero-order chi connectivity index (χ0) is 19.1. The number of piperidine rings is 1. The largest absolute Gasteiger partial charge is 0.468 e. The van der Waals surface area contributed by atoms with E-state index in [4.69, 9.17) is 4.74 Å². The summed E-state index contributed by atoms with van der Waals surface area (Å²) in [6.45, 7) is 1.70. The van der Waals surface area contributed by atoms with Crippen molar-refractivity contribution < 1.29 is 14.3 Å². The predicted molar refractivity (Wildman–Crippen MR) is 101 cm³/mol. The Balaban J connectivity index is 1.72. The Labute approximate surface area is 159 Å². The van der Waals surface area contributed by atoms with Crippen LogP contribution in [-0.4, -0.2) is 53.5 Å². The summed E-state index contributed by atoms with van der Waals surface area (Å²) in [5, 5.41) is 0. The molecular weight excluding hydrogens is 344 g/mol. The molecule has 1 atom stereocenters. The molecule has 1 aliphatic rings. The van der Waals surface area contributed by atoms with Crippen LogP contribution in [0.25, 0.3) is 0 Å². The number of nitrogens with zero attached hydrogens (tertiary/aromatic N) is 4. The zero-order valence-corrected chi connectivity index (χ0v) is 15.5. The van der Waals surface area contributed by atoms with Crippen LogP contribution in [0.3, 0.4) is 0 Å². The number of esters is 1. The molecule has 2 aromatic rings. The number of hydrogen-bond donors (Lipinski definition) is 0. The summed E-state index contributed by atoms with van der Waals surface area (Å²) in [7, 11) is 1.34. The molecule has 3 rings (SSSR count). The first-order chi connectivity index (χ1) is 13.2. The third-order valence-electron chi connectivity index (χ3n) is 4.68. The summed E-state index contributed by atoms with van der Waals surface area (Å²) in [6, 6.07) is 11.4. The molecule has 2 heterocycles. The van der Waals surface area contributed by atoms with Gasteiger partial charge in [0, 0.05) is 32.0 Å². The van der Waals surface area contributed by atoms with E-state index in [0.717, 1.165) is 24.9 Å². The molecule has 7 heteroatoms. The highest BCUT2D eigenvalue weighted by molar-refractivity contribution is 5.84. The quantitative estimate of drug-likeness (QED) is 0.725. The monoisotopic (exact) mass is 368 g/mol. The fourth-order valence-corrected chi connectivity index (χ4v) is 3.31. The van der Waals surface area contributed by atoms with Gasteiger partial charge in [-0.2, -0.15) is 0 Å². The van der Waals surface area contributed by atoms with Gasteiger partial charge in [0.25, 0.3) is 0 Å². The van der Waals surface area contributed by atoms with Crippen LogP contribution >= 0.6 is 0 Å². The Kier molecular flexibility index (Phi) is 6.35. The molecule has 0 bridgehead atoms. The number of hydrogen-bond acceptors (Lipinski definition) is 6. The summed E-state index contributed by atoms with van der Waals surface area (Å²) in [5.41, 5.74) is 0.980. The lowest BCUT2D eigenvalue weighted by Crippen LogP contribution is -2.46. The van der Waals surface area contributed by atoms with Gasteiger partial charge < -0.3 is 14.5 Å². The molecule has 1 saturated heterocycles. The number of methoxy groups -OCH3 is 1. The van der Waals surface area contributed by atoms with Crippen LogP contribution in [0.1, 0.15) is 18.4 Å². The summed E-state index contributed by atoms with van der Waals surface area (Å²) in [4.78, 5) is 37.2. The summed E-state index contributed by atoms with van der Waals surface area (Å²) in [5.74, 6) is -0.0169. The van der Waals surface area contributed by atoms with Crippen molar-refractivity contribution in [3.05, 3.63) is 54.4 Å². The Morgan fingerprint density at radius 2 is 1.93 bits per heavy atom. The normalized spacial score (nSPS) is 16.6. The minimum absolute atomic E-state index is 0.0371. The van der Waals surface area contributed by atoms with E-state index in [9.17, 15) is 9.59 Å². The van der Waals surface area contributed by atoms with Gasteiger partial charge in [0.05, 0.1) is 13.0 Å². The van der Waals surface area contributed by atoms with Crippen LogP contribution in [0, 0.1) is 5.92 Å². The van der Waals surface area contributed by atoms with Crippen molar-refractivity contribution in [1.82, 2.24) is 14.9 Å². The van der Waals surface area contributed by atoms with E-state index in [2.05, 4.69) is 9.97 Å². The van der Waals surface area contributed by atoms with Gasteiger partial charge in [-0.05, 0) is 24.5 Å². The number of benzene rings is 1. The molecule has 0 N–H and O–H groups in total. The topological polar surface area (TPSA) is 75.6 Å². The number of carbonyl (C=O) groups is 2. The van der Waals surface area contributed by atoms with E-state index in [0.29, 0.717) is 19.0 Å². The molecule has 0 saturated carbocycles. The van der Waals surface area contributed by atoms with Crippen LogP contribution in [0.4, 0.5) is 5.95 Å². The molecule has 1 amide bonds. The molecular formula is C20H24N4O3. The third-order valence-corrected chi connectivity index (χ3v) is 4.68. The second-order valence-corrected chi connectivity index (χ2v) is 6.59. The molecule has 1 aromatic heterocycles. The van der Waals surface area contributed by atoms with Gasteiger partial charge in [0.15, 0.2) is 0 Å². The average molecular weight is 368 g/mol. The average Bonchev–Trinajstić information content (AvgIpc) is 2.74. The van der Waals surface area contributed by atoms with Crippen molar-refractivity contribution >= 4 is 17.8 Å². The van der Waals surface area contributed by atoms with E-state index in [1.807, 2.05) is 35.2 Å². The number of aromatic nitrogens is 2. The van der Waals surface area contributed by atoms with Gasteiger partial charge in [0.2, 0.25) is 11.9 Å². The maximum Gasteiger partial charge on any atom is 0.325 e. The van der Waals surface area contributed by atoms with Crippen LogP contribution in [0.15, 0.2) is 48.8 Å². The van der Waals surface area contributed by atoms with Gasteiger partial charge in [-0.25, -0.2) is 9.97 Å². The van der Waals surface area contributed by atoms with E-state index in [1.54, 1.807) is 23.4 Å². The fourth-order valence-electron chi connectivity index (χ4n) is 3.31. The number of rotatable bonds is 6. The lowest BCUT2D eigenvalue weighted by atomic mass is 9.96. The molecule has 1 aromatic carbocycles. The van der Waals surface area contributed by atoms with E-state index in [1.165, 1.54) is 7.11 Å². The van der Waals surface area contributed by atoms with Gasteiger partial charge in [-0.3, -0.25) is 9.59 Å². The fraction of sp³-hybridized carbons (Fsp3) is 0.400. The number of amides is 1. The molecule has 1 fully saturated rings. The molecule has 0 spiro atoms. The van der Waals surface area contributed by atoms with Crippen molar-refractivity contribution in [2.45, 2.75) is 19.4 Å². The van der Waals surface area contributed by atoms with Crippen molar-refractivity contribution in [3.8, 4) is 0 Å². The minimum atomic E-state index is -0.418. The Hall–Kier alpha value is -2.96. The minimum Gasteiger partial charge on any atom is -0.468 e. The van der Waals surface area contributed by atoms with Crippen LogP contribution in [0.5, 0.6) is 0 Å². The first kappa shape index (κ1) is 18.8. The van der Waals surface area contributed by atoms with E-state index < -0.39 is 5.97 Å². The smallest absolute Gasteiger partial charge is 0.325 e. The highest BCUT2D eigenvalue weighted by Gasteiger charge is 2.31. The summed E-state index contributed by atoms with van der Waals surface area (Å²) >= 11 is 0. The van der Waals surface area contributed by atoms with Crippen molar-refractivity contribution in [2.75, 3.05) is 31.6 Å². The van der Waals surface area contributed by atoms with Crippen molar-refractivity contribution in [1.29, 1.82) is 0 Å². The molecule has 1 unspecified atom stereocenters. The van der Waals surface area contributed by atoms with Gasteiger partial charge in [0.1, 0.15) is 6.54 Å². The SMILES string of the molecule is COC(=O)CN(Cc1ccccc1)C(=O)C1CCCN(c2ncccn2)C1. The highest BCUT2D eigenvalue weighted by atomic mass is 16.5. The molecule has 142 valence electrons. The second-order valence-electron chi connectivity index (χ2n) is 6.59. The maximum absolute atomic E-state index is 13.2. The van der Waals surface area contributed by atoms with Crippen LogP contribution < -0.4 is 4.90 Å². The molecule has 0 aliphatic carbocycles. The molecule has 7 nitrogen and oxygen atoms in total. The van der Waals surface area contributed by atoms with Crippen molar-refractivity contribution in [2.24, 2.45) is 5.92 Å². The number of anilines is 1. The van der Waals surface area contributed by atoms with Gasteiger partial charge in [-0.15, -0.1) is 0 Å². The lowest BCUT2D eigenvalue weighted by Gasteiger charge is -2.34. The maximum atomic E-state index is 13.2.